The van der Waals surface area contributed by atoms with Crippen molar-refractivity contribution in [1.29, 1.82) is 0 Å². The second-order valence-corrected chi connectivity index (χ2v) is 4.23. The molecule has 106 valence electrons. The van der Waals surface area contributed by atoms with E-state index in [4.69, 9.17) is 10.5 Å². The lowest BCUT2D eigenvalue weighted by Gasteiger charge is -2.18. The summed E-state index contributed by atoms with van der Waals surface area (Å²) in [4.78, 5) is 15.9. The molecule has 0 bridgehead atoms. The van der Waals surface area contributed by atoms with Crippen molar-refractivity contribution in [3.8, 4) is 0 Å². The third-order valence-electron chi connectivity index (χ3n) is 2.27. The van der Waals surface area contributed by atoms with E-state index in [1.54, 1.807) is 6.20 Å². The summed E-state index contributed by atoms with van der Waals surface area (Å²) in [6.45, 7) is 2.17. The SMILES string of the molecule is CCC(NC(=O)C(CN)OC)c1nccs1.Cl.Cl. The number of ether oxygens (including phenoxy) is 1. The number of nitrogens with two attached hydrogens (primary N) is 1. The van der Waals surface area contributed by atoms with Crippen LogP contribution in [0.4, 0.5) is 0 Å². The second kappa shape index (κ2) is 10.5. The lowest BCUT2D eigenvalue weighted by molar-refractivity contribution is -0.131. The summed E-state index contributed by atoms with van der Waals surface area (Å²) in [5, 5.41) is 5.67. The molecule has 0 aliphatic heterocycles. The van der Waals surface area contributed by atoms with Gasteiger partial charge in [-0.25, -0.2) is 4.98 Å². The lowest BCUT2D eigenvalue weighted by atomic mass is 10.2. The Balaban J connectivity index is 0. The van der Waals surface area contributed by atoms with Crippen molar-refractivity contribution in [3.05, 3.63) is 16.6 Å². The third kappa shape index (κ3) is 5.49. The maximum atomic E-state index is 11.7. The Morgan fingerprint density at radius 1 is 1.61 bits per heavy atom. The molecule has 3 N–H and O–H groups in total. The molecular weight excluding hydrogens is 297 g/mol. The first-order valence-corrected chi connectivity index (χ1v) is 6.03. The van der Waals surface area contributed by atoms with E-state index < -0.39 is 6.10 Å². The van der Waals surface area contributed by atoms with Crippen molar-refractivity contribution in [1.82, 2.24) is 10.3 Å². The van der Waals surface area contributed by atoms with E-state index in [1.807, 2.05) is 12.3 Å². The summed E-state index contributed by atoms with van der Waals surface area (Å²) in [5.41, 5.74) is 5.42. The Kier molecular flexibility index (Phi) is 11.6. The highest BCUT2D eigenvalue weighted by atomic mass is 35.5. The summed E-state index contributed by atoms with van der Waals surface area (Å²) in [6, 6.07) is -0.0586. The Bertz CT molecular complexity index is 321. The molecule has 18 heavy (non-hydrogen) atoms. The van der Waals surface area contributed by atoms with Gasteiger partial charge in [0.1, 0.15) is 11.1 Å². The van der Waals surface area contributed by atoms with Crippen molar-refractivity contribution in [2.45, 2.75) is 25.5 Å². The molecule has 1 aromatic rings. The molecule has 0 aliphatic carbocycles. The number of carbonyl (C=O) groups excluding carboxylic acids is 1. The molecule has 1 aromatic heterocycles. The highest BCUT2D eigenvalue weighted by molar-refractivity contribution is 7.09. The molecule has 5 nitrogen and oxygen atoms in total. The average molecular weight is 316 g/mol. The topological polar surface area (TPSA) is 77.2 Å². The molecule has 2 unspecified atom stereocenters. The van der Waals surface area contributed by atoms with Crippen molar-refractivity contribution in [2.75, 3.05) is 13.7 Å². The van der Waals surface area contributed by atoms with Gasteiger partial charge in [0.2, 0.25) is 0 Å². The van der Waals surface area contributed by atoms with E-state index in [0.717, 1.165) is 11.4 Å². The van der Waals surface area contributed by atoms with Gasteiger partial charge in [0.05, 0.1) is 6.04 Å². The van der Waals surface area contributed by atoms with Gasteiger partial charge in [-0.2, -0.15) is 0 Å². The zero-order valence-corrected chi connectivity index (χ0v) is 12.7. The van der Waals surface area contributed by atoms with Crippen molar-refractivity contribution >= 4 is 42.1 Å². The number of amides is 1. The minimum atomic E-state index is -0.589. The minimum Gasteiger partial charge on any atom is -0.370 e. The molecule has 0 saturated heterocycles. The molecule has 0 saturated carbocycles. The molecule has 1 heterocycles. The van der Waals surface area contributed by atoms with Crippen molar-refractivity contribution in [3.63, 3.8) is 0 Å². The van der Waals surface area contributed by atoms with Crippen LogP contribution in [0.2, 0.25) is 0 Å². The fourth-order valence-electron chi connectivity index (χ4n) is 1.32. The van der Waals surface area contributed by atoms with Crippen LogP contribution in [0.1, 0.15) is 24.4 Å². The Hall–Kier alpha value is -0.400. The van der Waals surface area contributed by atoms with Gasteiger partial charge in [-0.05, 0) is 6.42 Å². The van der Waals surface area contributed by atoms with Gasteiger partial charge in [0.15, 0.2) is 0 Å². The van der Waals surface area contributed by atoms with Crippen LogP contribution in [0.5, 0.6) is 0 Å². The number of hydrogen-bond acceptors (Lipinski definition) is 5. The Morgan fingerprint density at radius 2 is 2.28 bits per heavy atom. The molecule has 0 radical (unpaired) electrons. The molecule has 1 rings (SSSR count). The zero-order chi connectivity index (χ0) is 12.0. The van der Waals surface area contributed by atoms with Gasteiger partial charge < -0.3 is 15.8 Å². The molecule has 1 amide bonds. The van der Waals surface area contributed by atoms with E-state index in [2.05, 4.69) is 10.3 Å². The number of thiazole rings is 1. The van der Waals surface area contributed by atoms with Gasteiger partial charge in [0, 0.05) is 25.2 Å². The fourth-order valence-corrected chi connectivity index (χ4v) is 2.09. The largest absolute Gasteiger partial charge is 0.370 e. The highest BCUT2D eigenvalue weighted by Crippen LogP contribution is 2.18. The van der Waals surface area contributed by atoms with Gasteiger partial charge in [-0.3, -0.25) is 4.79 Å². The van der Waals surface area contributed by atoms with Crippen molar-refractivity contribution in [2.24, 2.45) is 5.73 Å². The number of nitrogens with one attached hydrogen (secondary N) is 1. The first-order valence-electron chi connectivity index (χ1n) is 5.15. The Morgan fingerprint density at radius 3 is 2.67 bits per heavy atom. The van der Waals surface area contributed by atoms with Crippen LogP contribution in [0.3, 0.4) is 0 Å². The Labute approximate surface area is 123 Å². The van der Waals surface area contributed by atoms with Crippen LogP contribution >= 0.6 is 36.2 Å². The van der Waals surface area contributed by atoms with E-state index in [0.29, 0.717) is 0 Å². The van der Waals surface area contributed by atoms with Crippen LogP contribution in [0.15, 0.2) is 11.6 Å². The van der Waals surface area contributed by atoms with Gasteiger partial charge >= 0.3 is 0 Å². The molecule has 0 spiro atoms. The third-order valence-corrected chi connectivity index (χ3v) is 3.15. The monoisotopic (exact) mass is 315 g/mol. The fraction of sp³-hybridized carbons (Fsp3) is 0.600. The predicted molar refractivity (Wildman–Crippen MR) is 77.6 cm³/mol. The quantitative estimate of drug-likeness (QED) is 0.834. The van der Waals surface area contributed by atoms with Gasteiger partial charge in [-0.1, -0.05) is 6.92 Å². The minimum absolute atomic E-state index is 0. The maximum Gasteiger partial charge on any atom is 0.251 e. The molecule has 0 aliphatic rings. The first kappa shape index (κ1) is 19.9. The van der Waals surface area contributed by atoms with Crippen LogP contribution < -0.4 is 11.1 Å². The van der Waals surface area contributed by atoms with E-state index in [-0.39, 0.29) is 43.3 Å². The van der Waals surface area contributed by atoms with E-state index >= 15 is 0 Å². The number of rotatable bonds is 6. The second-order valence-electron chi connectivity index (χ2n) is 3.30. The van der Waals surface area contributed by atoms with Crippen LogP contribution in [-0.2, 0) is 9.53 Å². The number of aromatic nitrogens is 1. The summed E-state index contributed by atoms with van der Waals surface area (Å²) in [6.07, 6.45) is 1.93. The molecule has 0 aromatic carbocycles. The number of methoxy groups -OCH3 is 1. The molecule has 8 heteroatoms. The van der Waals surface area contributed by atoms with Gasteiger partial charge in [0.25, 0.3) is 5.91 Å². The zero-order valence-electron chi connectivity index (χ0n) is 10.3. The van der Waals surface area contributed by atoms with Crippen LogP contribution in [0.25, 0.3) is 0 Å². The van der Waals surface area contributed by atoms with Crippen LogP contribution in [-0.4, -0.2) is 30.6 Å². The number of carbonyl (C=O) groups is 1. The number of halogens is 2. The molecule has 0 fully saturated rings. The van der Waals surface area contributed by atoms with Gasteiger partial charge in [-0.15, -0.1) is 36.2 Å². The summed E-state index contributed by atoms with van der Waals surface area (Å²) in [5.74, 6) is -0.188. The normalized spacial score (nSPS) is 12.8. The summed E-state index contributed by atoms with van der Waals surface area (Å²) in [7, 11) is 1.47. The molecule has 2 atom stereocenters. The van der Waals surface area contributed by atoms with Crippen molar-refractivity contribution < 1.29 is 9.53 Å². The molecular formula is C10H19Cl2N3O2S. The maximum absolute atomic E-state index is 11.7. The lowest BCUT2D eigenvalue weighted by Crippen LogP contribution is -2.42. The number of nitrogens with zero attached hydrogens (tertiary/aromatic N) is 1. The average Bonchev–Trinajstić information content (AvgIpc) is 2.81. The summed E-state index contributed by atoms with van der Waals surface area (Å²) >= 11 is 1.53. The first-order chi connectivity index (χ1) is 7.72. The summed E-state index contributed by atoms with van der Waals surface area (Å²) < 4.78 is 4.97. The smallest absolute Gasteiger partial charge is 0.251 e. The highest BCUT2D eigenvalue weighted by Gasteiger charge is 2.20. The van der Waals surface area contributed by atoms with E-state index in [9.17, 15) is 4.79 Å². The van der Waals surface area contributed by atoms with E-state index in [1.165, 1.54) is 18.4 Å². The standard InChI is InChI=1S/C10H17N3O2S.2ClH/c1-3-7(10-12-4-5-16-10)13-9(14)8(6-11)15-2;;/h4-5,7-8H,3,6,11H2,1-2H3,(H,13,14);2*1H. The van der Waals surface area contributed by atoms with Crippen LogP contribution in [0, 0.1) is 0 Å². The predicted octanol–water partition coefficient (Wildman–Crippen LogP) is 1.53. The number of hydrogen-bond donors (Lipinski definition) is 2.